The Kier molecular flexibility index (Phi) is 8.96. The van der Waals surface area contributed by atoms with Crippen molar-refractivity contribution in [3.8, 4) is 27.3 Å². The van der Waals surface area contributed by atoms with Gasteiger partial charge in [0.1, 0.15) is 12.4 Å². The van der Waals surface area contributed by atoms with Gasteiger partial charge in [-0.15, -0.1) is 11.3 Å². The van der Waals surface area contributed by atoms with Crippen LogP contribution in [0.15, 0.2) is 109 Å². The molecule has 5 aromatic rings. The average Bonchev–Trinajstić information content (AvgIpc) is 3.42. The number of rotatable bonds is 8. The maximum Gasteiger partial charge on any atom is 0.251 e. The van der Waals surface area contributed by atoms with E-state index in [0.29, 0.717) is 23.7 Å². The number of halogens is 2. The summed E-state index contributed by atoms with van der Waals surface area (Å²) in [5, 5.41) is 5.67. The lowest BCUT2D eigenvalue weighted by atomic mass is 10.0. The monoisotopic (exact) mass is 546 g/mol. The first kappa shape index (κ1) is 26.4. The number of pyridine rings is 1. The van der Waals surface area contributed by atoms with Gasteiger partial charge >= 0.3 is 0 Å². The van der Waals surface area contributed by atoms with E-state index in [4.69, 9.17) is 16.3 Å². The molecule has 7 heteroatoms. The van der Waals surface area contributed by atoms with Gasteiger partial charge in [-0.05, 0) is 59.0 Å². The molecule has 2 aromatic heterocycles. The van der Waals surface area contributed by atoms with Gasteiger partial charge in [-0.1, -0.05) is 54.1 Å². The third-order valence-corrected chi connectivity index (χ3v) is 6.97. The lowest BCUT2D eigenvalue weighted by Crippen LogP contribution is -3.00. The van der Waals surface area contributed by atoms with Crippen molar-refractivity contribution in [2.24, 2.45) is 0 Å². The highest BCUT2D eigenvalue weighted by Gasteiger charge is 2.15. The third-order valence-electron chi connectivity index (χ3n) is 5.77. The van der Waals surface area contributed by atoms with Crippen LogP contribution in [0.2, 0.25) is 5.02 Å². The fourth-order valence-electron chi connectivity index (χ4n) is 3.92. The number of ether oxygens (including phenoxy) is 1. The molecular formula is C30H24Cl2N2O2S. The molecule has 0 aliphatic rings. The second kappa shape index (κ2) is 12.5. The number of nitrogens with one attached hydrogen (secondary N) is 2. The first-order valence-corrected chi connectivity index (χ1v) is 12.8. The molecule has 0 spiro atoms. The number of thiophene rings is 1. The normalized spacial score (nSPS) is 10.4. The molecule has 0 saturated heterocycles. The van der Waals surface area contributed by atoms with E-state index in [2.05, 4.69) is 21.7 Å². The van der Waals surface area contributed by atoms with Crippen LogP contribution in [0, 0.1) is 0 Å². The number of hydrogen-bond donors (Lipinski definition) is 1. The highest BCUT2D eigenvalue weighted by Crippen LogP contribution is 2.42. The number of amides is 1. The minimum Gasteiger partial charge on any atom is -1.00 e. The molecule has 1 amide bonds. The second-order valence-electron chi connectivity index (χ2n) is 8.25. The Hall–Kier alpha value is -3.64. The van der Waals surface area contributed by atoms with Gasteiger partial charge in [0.2, 0.25) is 0 Å². The van der Waals surface area contributed by atoms with Crippen molar-refractivity contribution in [1.29, 1.82) is 0 Å². The van der Waals surface area contributed by atoms with Gasteiger partial charge in [0, 0.05) is 44.8 Å². The highest BCUT2D eigenvalue weighted by molar-refractivity contribution is 7.14. The van der Waals surface area contributed by atoms with Gasteiger partial charge in [0.05, 0.1) is 0 Å². The van der Waals surface area contributed by atoms with Crippen LogP contribution < -0.4 is 27.4 Å². The summed E-state index contributed by atoms with van der Waals surface area (Å²) in [5.41, 5.74) is 5.74. The number of carbonyl (C=O) groups is 1. The summed E-state index contributed by atoms with van der Waals surface area (Å²) in [4.78, 5) is 16.7. The number of aromatic nitrogens is 1. The van der Waals surface area contributed by atoms with Crippen LogP contribution in [0.1, 0.15) is 21.5 Å². The Balaban J connectivity index is 0.00000320. The largest absolute Gasteiger partial charge is 1.00 e. The smallest absolute Gasteiger partial charge is 0.251 e. The first-order valence-electron chi connectivity index (χ1n) is 11.5. The molecule has 186 valence electrons. The zero-order chi connectivity index (χ0) is 24.7. The van der Waals surface area contributed by atoms with E-state index in [1.54, 1.807) is 11.3 Å². The molecule has 4 nitrogen and oxygen atoms in total. The van der Waals surface area contributed by atoms with E-state index < -0.39 is 0 Å². The van der Waals surface area contributed by atoms with E-state index in [-0.39, 0.29) is 18.3 Å². The summed E-state index contributed by atoms with van der Waals surface area (Å²) < 4.78 is 6.20. The van der Waals surface area contributed by atoms with Gasteiger partial charge in [-0.25, -0.2) is 4.98 Å². The number of aromatic amines is 1. The quantitative estimate of drug-likeness (QED) is 0.319. The van der Waals surface area contributed by atoms with Crippen molar-refractivity contribution < 1.29 is 26.9 Å². The number of benzene rings is 3. The third kappa shape index (κ3) is 6.57. The van der Waals surface area contributed by atoms with E-state index in [1.165, 1.54) is 0 Å². The van der Waals surface area contributed by atoms with Gasteiger partial charge in [0.25, 0.3) is 5.91 Å². The van der Waals surface area contributed by atoms with Crippen molar-refractivity contribution in [3.05, 3.63) is 130 Å². The van der Waals surface area contributed by atoms with Crippen LogP contribution in [-0.4, -0.2) is 5.91 Å². The van der Waals surface area contributed by atoms with Gasteiger partial charge in [0.15, 0.2) is 12.4 Å². The Labute approximate surface area is 231 Å². The van der Waals surface area contributed by atoms with Crippen LogP contribution in [0.5, 0.6) is 5.75 Å². The molecule has 0 radical (unpaired) electrons. The summed E-state index contributed by atoms with van der Waals surface area (Å²) in [5.74, 6) is 0.667. The first-order chi connectivity index (χ1) is 17.7. The minimum absolute atomic E-state index is 0. The molecule has 0 aliphatic carbocycles. The summed E-state index contributed by atoms with van der Waals surface area (Å²) >= 11 is 8.03. The van der Waals surface area contributed by atoms with Crippen molar-refractivity contribution in [3.63, 3.8) is 0 Å². The minimum atomic E-state index is -0.108. The Bertz CT molecular complexity index is 1460. The highest BCUT2D eigenvalue weighted by atomic mass is 35.5. The maximum atomic E-state index is 12.6. The van der Waals surface area contributed by atoms with Crippen molar-refractivity contribution in [1.82, 2.24) is 5.32 Å². The van der Waals surface area contributed by atoms with Gasteiger partial charge in [-0.3, -0.25) is 4.79 Å². The molecule has 3 aromatic carbocycles. The zero-order valence-corrected chi connectivity index (χ0v) is 22.1. The lowest BCUT2D eigenvalue weighted by Gasteiger charge is -2.13. The molecule has 0 unspecified atom stereocenters. The molecule has 2 heterocycles. The second-order valence-corrected chi connectivity index (χ2v) is 9.60. The Morgan fingerprint density at radius 1 is 0.892 bits per heavy atom. The molecule has 0 saturated carbocycles. The summed E-state index contributed by atoms with van der Waals surface area (Å²) in [7, 11) is 0. The van der Waals surface area contributed by atoms with E-state index in [1.807, 2.05) is 97.3 Å². The molecule has 5 rings (SSSR count). The summed E-state index contributed by atoms with van der Waals surface area (Å²) in [6.07, 6.45) is 3.71. The molecule has 37 heavy (non-hydrogen) atoms. The SMILES string of the molecule is O=C(NCc1ccc[nH+]c1)c1ccc(-c2sccc2-c2cc(Cl)ccc2OCc2ccccc2)cc1.[Cl-]. The van der Waals surface area contributed by atoms with Crippen molar-refractivity contribution in [2.75, 3.05) is 0 Å². The van der Waals surface area contributed by atoms with Crippen molar-refractivity contribution in [2.45, 2.75) is 13.2 Å². The number of H-pyrrole nitrogens is 1. The lowest BCUT2D eigenvalue weighted by molar-refractivity contribution is -0.378. The van der Waals surface area contributed by atoms with E-state index in [9.17, 15) is 4.79 Å². The van der Waals surface area contributed by atoms with Gasteiger partial charge in [-0.2, -0.15) is 0 Å². The van der Waals surface area contributed by atoms with Crippen LogP contribution in [0.25, 0.3) is 21.6 Å². The summed E-state index contributed by atoms with van der Waals surface area (Å²) in [6.45, 7) is 0.938. The average molecular weight is 548 g/mol. The molecule has 0 fully saturated rings. The fourth-order valence-corrected chi connectivity index (χ4v) is 5.01. The fraction of sp³-hybridized carbons (Fsp3) is 0.0667. The summed E-state index contributed by atoms with van der Waals surface area (Å²) in [6, 6.07) is 29.4. The van der Waals surface area contributed by atoms with Crippen LogP contribution in [0.3, 0.4) is 0 Å². The zero-order valence-electron chi connectivity index (χ0n) is 19.8. The number of hydrogen-bond acceptors (Lipinski definition) is 3. The molecule has 0 bridgehead atoms. The molecule has 0 aliphatic heterocycles. The molecule has 2 N–H and O–H groups in total. The standard InChI is InChI=1S/C30H23ClN2O2S.ClH/c31-25-12-13-28(35-20-21-5-2-1-3-6-21)27(17-25)26-14-16-36-29(26)23-8-10-24(11-9-23)30(34)33-19-22-7-4-15-32-18-22;/h1-18H,19-20H2,(H,33,34);1H. The maximum absolute atomic E-state index is 12.6. The molecular weight excluding hydrogens is 523 g/mol. The van der Waals surface area contributed by atoms with Gasteiger partial charge < -0.3 is 22.5 Å². The van der Waals surface area contributed by atoms with Crippen LogP contribution in [-0.2, 0) is 13.2 Å². The van der Waals surface area contributed by atoms with Crippen LogP contribution >= 0.6 is 22.9 Å². The topological polar surface area (TPSA) is 52.5 Å². The Morgan fingerprint density at radius 2 is 1.68 bits per heavy atom. The van der Waals surface area contributed by atoms with Crippen molar-refractivity contribution >= 4 is 28.8 Å². The van der Waals surface area contributed by atoms with E-state index >= 15 is 0 Å². The Morgan fingerprint density at radius 3 is 2.43 bits per heavy atom. The number of carbonyl (C=O) groups excluding carboxylic acids is 1. The predicted molar refractivity (Wildman–Crippen MR) is 145 cm³/mol. The van der Waals surface area contributed by atoms with Crippen LogP contribution in [0.4, 0.5) is 0 Å². The predicted octanol–water partition coefficient (Wildman–Crippen LogP) is 4.06. The molecule has 0 atom stereocenters. The van der Waals surface area contributed by atoms with E-state index in [0.717, 1.165) is 38.4 Å².